The Morgan fingerprint density at radius 2 is 1.77 bits per heavy atom. The summed E-state index contributed by atoms with van der Waals surface area (Å²) in [4.78, 5) is 54.7. The molecule has 1 unspecified atom stereocenters. The number of fused-ring (bicyclic) bond motifs is 1. The molecule has 1 aromatic heterocycles. The zero-order valence-electron chi connectivity index (χ0n) is 15.9. The maximum Gasteiger partial charge on any atom is 0.269 e. The van der Waals surface area contributed by atoms with E-state index < -0.39 is 28.2 Å². The van der Waals surface area contributed by atoms with Crippen molar-refractivity contribution in [3.05, 3.63) is 80.6 Å². The van der Waals surface area contributed by atoms with Crippen LogP contribution in [0.4, 0.5) is 28.8 Å². The summed E-state index contributed by atoms with van der Waals surface area (Å²) in [6.45, 7) is 0. The second-order valence-corrected chi connectivity index (χ2v) is 6.77. The van der Waals surface area contributed by atoms with E-state index in [4.69, 9.17) is 0 Å². The van der Waals surface area contributed by atoms with Crippen LogP contribution in [0.3, 0.4) is 0 Å². The summed E-state index contributed by atoms with van der Waals surface area (Å²) in [5.41, 5.74) is 0.333. The van der Waals surface area contributed by atoms with Gasteiger partial charge in [-0.15, -0.1) is 0 Å². The molecule has 1 aliphatic heterocycles. The SMILES string of the molecule is O=C1CC(C(=O)Nc2ccc([N+](=O)[O-])cc2)c2c(nc(Nc3ccccc3)[nH]c2=O)N1. The highest BCUT2D eigenvalue weighted by Crippen LogP contribution is 2.30. The van der Waals surface area contributed by atoms with E-state index >= 15 is 0 Å². The van der Waals surface area contributed by atoms with Crippen LogP contribution in [0.2, 0.25) is 0 Å². The number of H-pyrrole nitrogens is 1. The molecule has 0 saturated carbocycles. The molecule has 0 saturated heterocycles. The molecule has 0 bridgehead atoms. The Bertz CT molecular complexity index is 1220. The van der Waals surface area contributed by atoms with Gasteiger partial charge < -0.3 is 16.0 Å². The molecule has 4 N–H and O–H groups in total. The third kappa shape index (κ3) is 4.24. The fourth-order valence-corrected chi connectivity index (χ4v) is 3.21. The zero-order valence-corrected chi connectivity index (χ0v) is 15.9. The van der Waals surface area contributed by atoms with Crippen LogP contribution in [-0.4, -0.2) is 26.7 Å². The molecule has 4 rings (SSSR count). The van der Waals surface area contributed by atoms with E-state index in [0.29, 0.717) is 11.4 Å². The molecule has 156 valence electrons. The number of para-hydroxylation sites is 1. The van der Waals surface area contributed by atoms with Gasteiger partial charge in [-0.1, -0.05) is 18.2 Å². The molecular weight excluding hydrogens is 404 g/mol. The van der Waals surface area contributed by atoms with E-state index in [2.05, 4.69) is 25.9 Å². The molecule has 2 amide bonds. The Labute approximate surface area is 174 Å². The Balaban J connectivity index is 1.60. The number of aromatic nitrogens is 2. The predicted molar refractivity (Wildman–Crippen MR) is 112 cm³/mol. The monoisotopic (exact) mass is 420 g/mol. The van der Waals surface area contributed by atoms with Gasteiger partial charge in [0.2, 0.25) is 17.8 Å². The van der Waals surface area contributed by atoms with Crippen LogP contribution in [-0.2, 0) is 9.59 Å². The molecule has 0 spiro atoms. The number of carbonyl (C=O) groups excluding carboxylic acids is 2. The normalized spacial score (nSPS) is 14.8. The van der Waals surface area contributed by atoms with E-state index in [-0.39, 0.29) is 29.4 Å². The van der Waals surface area contributed by atoms with Crippen molar-refractivity contribution in [3.8, 4) is 0 Å². The minimum absolute atomic E-state index is 0.00211. The quantitative estimate of drug-likeness (QED) is 0.364. The number of nitrogens with zero attached hydrogens (tertiary/aromatic N) is 2. The van der Waals surface area contributed by atoms with Gasteiger partial charge in [-0.05, 0) is 24.3 Å². The van der Waals surface area contributed by atoms with Gasteiger partial charge in [0.05, 0.1) is 16.4 Å². The third-order valence-corrected chi connectivity index (χ3v) is 4.65. The first kappa shape index (κ1) is 19.8. The fourth-order valence-electron chi connectivity index (χ4n) is 3.21. The molecular formula is C20H16N6O5. The van der Waals surface area contributed by atoms with Crippen molar-refractivity contribution in [2.24, 2.45) is 0 Å². The third-order valence-electron chi connectivity index (χ3n) is 4.65. The van der Waals surface area contributed by atoms with Crippen molar-refractivity contribution in [2.75, 3.05) is 16.0 Å². The van der Waals surface area contributed by atoms with Crippen LogP contribution >= 0.6 is 0 Å². The molecule has 11 heteroatoms. The minimum Gasteiger partial charge on any atom is -0.326 e. The van der Waals surface area contributed by atoms with Crippen molar-refractivity contribution in [1.82, 2.24) is 9.97 Å². The minimum atomic E-state index is -1.07. The molecule has 2 aromatic carbocycles. The summed E-state index contributed by atoms with van der Waals surface area (Å²) >= 11 is 0. The lowest BCUT2D eigenvalue weighted by molar-refractivity contribution is -0.384. The maximum atomic E-state index is 12.8. The van der Waals surface area contributed by atoms with Gasteiger partial charge in [0.15, 0.2) is 0 Å². The van der Waals surface area contributed by atoms with Gasteiger partial charge in [-0.25, -0.2) is 0 Å². The number of nitrogens with one attached hydrogen (secondary N) is 4. The van der Waals surface area contributed by atoms with Gasteiger partial charge in [-0.2, -0.15) is 4.98 Å². The summed E-state index contributed by atoms with van der Waals surface area (Å²) in [6, 6.07) is 14.2. The van der Waals surface area contributed by atoms with Crippen LogP contribution in [0.1, 0.15) is 17.9 Å². The number of hydrogen-bond acceptors (Lipinski definition) is 7. The first-order valence-electron chi connectivity index (χ1n) is 9.22. The standard InChI is InChI=1S/C20H16N6O5/c27-15-10-14(18(28)21-12-6-8-13(9-7-12)26(30)31)16-17(23-15)24-20(25-19(16)29)22-11-4-2-1-3-5-11/h1-9,14H,10H2,(H,21,28)(H3,22,23,24,25,27,29). The number of nitro benzene ring substituents is 1. The predicted octanol–water partition coefficient (Wildman–Crippen LogP) is 2.49. The highest BCUT2D eigenvalue weighted by molar-refractivity contribution is 6.04. The maximum absolute atomic E-state index is 12.8. The lowest BCUT2D eigenvalue weighted by atomic mass is 9.92. The summed E-state index contributed by atoms with van der Waals surface area (Å²) in [5, 5.41) is 18.8. The van der Waals surface area contributed by atoms with Crippen LogP contribution in [0.5, 0.6) is 0 Å². The molecule has 31 heavy (non-hydrogen) atoms. The second kappa shape index (κ2) is 8.06. The number of rotatable bonds is 5. The van der Waals surface area contributed by atoms with Crippen LogP contribution in [0, 0.1) is 10.1 Å². The molecule has 2 heterocycles. The Morgan fingerprint density at radius 1 is 1.06 bits per heavy atom. The summed E-state index contributed by atoms with van der Waals surface area (Å²) in [5.74, 6) is -2.00. The molecule has 3 aromatic rings. The van der Waals surface area contributed by atoms with E-state index in [1.807, 2.05) is 6.07 Å². The number of carbonyl (C=O) groups is 2. The van der Waals surface area contributed by atoms with Crippen molar-refractivity contribution < 1.29 is 14.5 Å². The average Bonchev–Trinajstić information content (AvgIpc) is 2.74. The highest BCUT2D eigenvalue weighted by atomic mass is 16.6. The highest BCUT2D eigenvalue weighted by Gasteiger charge is 2.34. The molecule has 0 aliphatic carbocycles. The van der Waals surface area contributed by atoms with Gasteiger partial charge in [0, 0.05) is 29.9 Å². The van der Waals surface area contributed by atoms with E-state index in [1.165, 1.54) is 24.3 Å². The Morgan fingerprint density at radius 3 is 2.45 bits per heavy atom. The number of non-ortho nitro benzene ring substituents is 1. The second-order valence-electron chi connectivity index (χ2n) is 6.77. The number of amides is 2. The first-order valence-corrected chi connectivity index (χ1v) is 9.22. The summed E-state index contributed by atoms with van der Waals surface area (Å²) in [7, 11) is 0. The van der Waals surface area contributed by atoms with Crippen LogP contribution in [0.25, 0.3) is 0 Å². The molecule has 1 atom stereocenters. The zero-order chi connectivity index (χ0) is 22.0. The van der Waals surface area contributed by atoms with Gasteiger partial charge in [0.1, 0.15) is 5.82 Å². The lowest BCUT2D eigenvalue weighted by Gasteiger charge is -2.23. The van der Waals surface area contributed by atoms with Crippen molar-refractivity contribution in [2.45, 2.75) is 12.3 Å². The number of anilines is 4. The largest absolute Gasteiger partial charge is 0.326 e. The van der Waals surface area contributed by atoms with Crippen LogP contribution < -0.4 is 21.5 Å². The van der Waals surface area contributed by atoms with E-state index in [0.717, 1.165) is 0 Å². The summed E-state index contributed by atoms with van der Waals surface area (Å²) < 4.78 is 0. The number of aromatic amines is 1. The smallest absolute Gasteiger partial charge is 0.269 e. The summed E-state index contributed by atoms with van der Waals surface area (Å²) in [6.07, 6.45) is -0.234. The number of benzene rings is 2. The number of nitro groups is 1. The van der Waals surface area contributed by atoms with E-state index in [9.17, 15) is 24.5 Å². The van der Waals surface area contributed by atoms with E-state index in [1.54, 1.807) is 24.3 Å². The van der Waals surface area contributed by atoms with Crippen LogP contribution in [0.15, 0.2) is 59.4 Å². The number of hydrogen-bond donors (Lipinski definition) is 4. The van der Waals surface area contributed by atoms with Crippen molar-refractivity contribution in [1.29, 1.82) is 0 Å². The van der Waals surface area contributed by atoms with Gasteiger partial charge in [0.25, 0.3) is 11.2 Å². The average molecular weight is 420 g/mol. The Hall–Kier alpha value is -4.54. The molecule has 0 fully saturated rings. The van der Waals surface area contributed by atoms with Crippen molar-refractivity contribution >= 4 is 40.6 Å². The Kier molecular flexibility index (Phi) is 5.14. The van der Waals surface area contributed by atoms with Gasteiger partial charge >= 0.3 is 0 Å². The lowest BCUT2D eigenvalue weighted by Crippen LogP contribution is -2.36. The van der Waals surface area contributed by atoms with Crippen molar-refractivity contribution in [3.63, 3.8) is 0 Å². The molecule has 0 radical (unpaired) electrons. The van der Waals surface area contributed by atoms with Gasteiger partial charge in [-0.3, -0.25) is 29.5 Å². The molecule has 1 aliphatic rings. The first-order chi connectivity index (χ1) is 14.9. The topological polar surface area (TPSA) is 159 Å². The molecule has 11 nitrogen and oxygen atoms in total. The fraction of sp³-hybridized carbons (Fsp3) is 0.100.